The van der Waals surface area contributed by atoms with E-state index in [1.807, 2.05) is 53.6 Å². The average Bonchev–Trinajstić information content (AvgIpc) is 3.25. The van der Waals surface area contributed by atoms with Crippen LogP contribution in [0.4, 0.5) is 5.69 Å². The van der Waals surface area contributed by atoms with Gasteiger partial charge in [-0.25, -0.2) is 4.98 Å². The Morgan fingerprint density at radius 2 is 2.00 bits per heavy atom. The number of aryl methyl sites for hydroxylation is 2. The SMILES string of the molecule is CCOC(=O)Cn1c(C2CC(=O)N(c3cc(C)ccc3C)C2)nc2ccccc21. The third-order valence-corrected chi connectivity index (χ3v) is 5.42. The molecule has 2 heterocycles. The first kappa shape index (κ1) is 19.2. The number of hydrogen-bond donors (Lipinski definition) is 0. The fourth-order valence-electron chi connectivity index (χ4n) is 4.03. The quantitative estimate of drug-likeness (QED) is 0.622. The van der Waals surface area contributed by atoms with E-state index in [-0.39, 0.29) is 24.3 Å². The van der Waals surface area contributed by atoms with Gasteiger partial charge in [0.2, 0.25) is 5.91 Å². The highest BCUT2D eigenvalue weighted by Crippen LogP contribution is 2.34. The molecule has 0 N–H and O–H groups in total. The van der Waals surface area contributed by atoms with Gasteiger partial charge in [0, 0.05) is 24.6 Å². The van der Waals surface area contributed by atoms with Crippen molar-refractivity contribution in [3.05, 3.63) is 59.4 Å². The Morgan fingerprint density at radius 1 is 1.21 bits per heavy atom. The number of rotatable bonds is 5. The molecule has 0 spiro atoms. The minimum atomic E-state index is -0.299. The van der Waals surface area contributed by atoms with Crippen LogP contribution < -0.4 is 4.90 Å². The van der Waals surface area contributed by atoms with Crippen LogP contribution in [-0.4, -0.2) is 34.6 Å². The van der Waals surface area contributed by atoms with Gasteiger partial charge < -0.3 is 14.2 Å². The number of aromatic nitrogens is 2. The van der Waals surface area contributed by atoms with Crippen LogP contribution in [0.2, 0.25) is 0 Å². The summed E-state index contributed by atoms with van der Waals surface area (Å²) in [5.74, 6) is 0.468. The number of amides is 1. The van der Waals surface area contributed by atoms with Crippen molar-refractivity contribution in [2.75, 3.05) is 18.1 Å². The highest BCUT2D eigenvalue weighted by atomic mass is 16.5. The van der Waals surface area contributed by atoms with Crippen LogP contribution in [0.3, 0.4) is 0 Å². The molecular formula is C23H25N3O3. The van der Waals surface area contributed by atoms with Crippen LogP contribution in [0.1, 0.15) is 36.2 Å². The molecule has 29 heavy (non-hydrogen) atoms. The first-order chi connectivity index (χ1) is 14.0. The summed E-state index contributed by atoms with van der Waals surface area (Å²) in [6, 6.07) is 13.9. The van der Waals surface area contributed by atoms with Gasteiger partial charge in [0.25, 0.3) is 0 Å². The monoisotopic (exact) mass is 391 g/mol. The van der Waals surface area contributed by atoms with E-state index in [9.17, 15) is 9.59 Å². The predicted molar refractivity (Wildman–Crippen MR) is 112 cm³/mol. The topological polar surface area (TPSA) is 64.4 Å². The molecule has 1 fully saturated rings. The number of carbonyl (C=O) groups excluding carboxylic acids is 2. The Balaban J connectivity index is 1.70. The van der Waals surface area contributed by atoms with Crippen molar-refractivity contribution in [1.29, 1.82) is 0 Å². The lowest BCUT2D eigenvalue weighted by Crippen LogP contribution is -2.25. The first-order valence-corrected chi connectivity index (χ1v) is 9.96. The maximum absolute atomic E-state index is 12.9. The van der Waals surface area contributed by atoms with Gasteiger partial charge in [0.1, 0.15) is 12.4 Å². The summed E-state index contributed by atoms with van der Waals surface area (Å²) in [5, 5.41) is 0. The highest BCUT2D eigenvalue weighted by Gasteiger charge is 2.35. The van der Waals surface area contributed by atoms with Crippen molar-refractivity contribution < 1.29 is 14.3 Å². The van der Waals surface area contributed by atoms with Gasteiger partial charge in [-0.15, -0.1) is 0 Å². The van der Waals surface area contributed by atoms with Crippen LogP contribution in [0.5, 0.6) is 0 Å². The number of anilines is 1. The molecule has 0 aliphatic carbocycles. The van der Waals surface area contributed by atoms with Gasteiger partial charge in [-0.2, -0.15) is 0 Å². The fraction of sp³-hybridized carbons (Fsp3) is 0.348. The number of hydrogen-bond acceptors (Lipinski definition) is 4. The van der Waals surface area contributed by atoms with Gasteiger partial charge in [-0.3, -0.25) is 9.59 Å². The Morgan fingerprint density at radius 3 is 2.79 bits per heavy atom. The summed E-state index contributed by atoms with van der Waals surface area (Å²) in [6.07, 6.45) is 0.375. The van der Waals surface area contributed by atoms with E-state index in [1.165, 1.54) is 0 Å². The van der Waals surface area contributed by atoms with E-state index in [0.29, 0.717) is 19.6 Å². The lowest BCUT2D eigenvalue weighted by Gasteiger charge is -2.20. The van der Waals surface area contributed by atoms with Gasteiger partial charge in [0.05, 0.1) is 17.6 Å². The second-order valence-electron chi connectivity index (χ2n) is 7.55. The van der Waals surface area contributed by atoms with Crippen molar-refractivity contribution in [3.63, 3.8) is 0 Å². The van der Waals surface area contributed by atoms with Crippen LogP contribution >= 0.6 is 0 Å². The van der Waals surface area contributed by atoms with Crippen LogP contribution in [0.25, 0.3) is 11.0 Å². The van der Waals surface area contributed by atoms with E-state index in [4.69, 9.17) is 9.72 Å². The molecule has 1 unspecified atom stereocenters. The van der Waals surface area contributed by atoms with Crippen molar-refractivity contribution in [1.82, 2.24) is 9.55 Å². The summed E-state index contributed by atoms with van der Waals surface area (Å²) >= 11 is 0. The van der Waals surface area contributed by atoms with Gasteiger partial charge in [0.15, 0.2) is 0 Å². The molecule has 1 aliphatic rings. The van der Waals surface area contributed by atoms with Crippen molar-refractivity contribution in [2.24, 2.45) is 0 Å². The molecular weight excluding hydrogens is 366 g/mol. The first-order valence-electron chi connectivity index (χ1n) is 9.96. The minimum absolute atomic E-state index is 0.0794. The Hall–Kier alpha value is -3.15. The maximum Gasteiger partial charge on any atom is 0.326 e. The molecule has 1 saturated heterocycles. The van der Waals surface area contributed by atoms with E-state index >= 15 is 0 Å². The van der Waals surface area contributed by atoms with Crippen molar-refractivity contribution in [3.8, 4) is 0 Å². The Kier molecular flexibility index (Phi) is 5.09. The molecule has 1 amide bonds. The maximum atomic E-state index is 12.9. The zero-order chi connectivity index (χ0) is 20.5. The molecule has 1 atom stereocenters. The van der Waals surface area contributed by atoms with E-state index < -0.39 is 0 Å². The molecule has 1 aromatic heterocycles. The second-order valence-corrected chi connectivity index (χ2v) is 7.55. The number of esters is 1. The number of para-hydroxylation sites is 2. The zero-order valence-electron chi connectivity index (χ0n) is 17.0. The second kappa shape index (κ2) is 7.70. The number of benzene rings is 2. The highest BCUT2D eigenvalue weighted by molar-refractivity contribution is 5.97. The fourth-order valence-corrected chi connectivity index (χ4v) is 4.03. The lowest BCUT2D eigenvalue weighted by molar-refractivity contribution is -0.143. The van der Waals surface area contributed by atoms with Crippen molar-refractivity contribution >= 4 is 28.6 Å². The average molecular weight is 391 g/mol. The largest absolute Gasteiger partial charge is 0.465 e. The normalized spacial score (nSPS) is 16.6. The summed E-state index contributed by atoms with van der Waals surface area (Å²) in [6.45, 7) is 6.82. The molecule has 1 aliphatic heterocycles. The van der Waals surface area contributed by atoms with E-state index in [1.54, 1.807) is 6.92 Å². The third kappa shape index (κ3) is 3.62. The van der Waals surface area contributed by atoms with E-state index in [2.05, 4.69) is 12.1 Å². The molecule has 0 saturated carbocycles. The molecule has 0 radical (unpaired) electrons. The molecule has 3 aromatic rings. The number of ether oxygens (including phenoxy) is 1. The van der Waals surface area contributed by atoms with Crippen LogP contribution in [0, 0.1) is 13.8 Å². The summed E-state index contributed by atoms with van der Waals surface area (Å²) in [4.78, 5) is 31.7. The number of imidazole rings is 1. The van der Waals surface area contributed by atoms with Crippen LogP contribution in [-0.2, 0) is 20.9 Å². The molecule has 6 heteroatoms. The third-order valence-electron chi connectivity index (χ3n) is 5.42. The lowest BCUT2D eigenvalue weighted by atomic mass is 10.1. The van der Waals surface area contributed by atoms with Gasteiger partial charge in [-0.1, -0.05) is 24.3 Å². The molecule has 6 nitrogen and oxygen atoms in total. The minimum Gasteiger partial charge on any atom is -0.465 e. The number of carbonyl (C=O) groups is 2. The number of fused-ring (bicyclic) bond motifs is 1. The molecule has 0 bridgehead atoms. The van der Waals surface area contributed by atoms with Crippen LogP contribution in [0.15, 0.2) is 42.5 Å². The van der Waals surface area contributed by atoms with Gasteiger partial charge >= 0.3 is 5.97 Å². The molecule has 150 valence electrons. The van der Waals surface area contributed by atoms with Crippen molar-refractivity contribution in [2.45, 2.75) is 39.7 Å². The predicted octanol–water partition coefficient (Wildman–Crippen LogP) is 3.74. The Labute approximate surface area is 170 Å². The summed E-state index contributed by atoms with van der Waals surface area (Å²) < 4.78 is 7.06. The van der Waals surface area contributed by atoms with E-state index in [0.717, 1.165) is 33.7 Å². The standard InChI is InChI=1S/C23H25N3O3/c1-4-29-22(28)14-26-19-8-6-5-7-18(19)24-23(26)17-12-21(27)25(13-17)20-11-15(2)9-10-16(20)3/h5-11,17H,4,12-14H2,1-3H3. The summed E-state index contributed by atoms with van der Waals surface area (Å²) in [7, 11) is 0. The number of nitrogens with zero attached hydrogens (tertiary/aromatic N) is 3. The zero-order valence-corrected chi connectivity index (χ0v) is 17.0. The Bertz CT molecular complexity index is 1090. The molecule has 4 rings (SSSR count). The summed E-state index contributed by atoms with van der Waals surface area (Å²) in [5.41, 5.74) is 4.85. The van der Waals surface area contributed by atoms with Gasteiger partial charge in [-0.05, 0) is 50.1 Å². The smallest absolute Gasteiger partial charge is 0.326 e. The molecule has 2 aromatic carbocycles.